The van der Waals surface area contributed by atoms with Crippen LogP contribution < -0.4 is 5.32 Å². The van der Waals surface area contributed by atoms with Gasteiger partial charge in [0.15, 0.2) is 0 Å². The quantitative estimate of drug-likeness (QED) is 0.754. The van der Waals surface area contributed by atoms with Gasteiger partial charge >= 0.3 is 0 Å². The fraction of sp³-hybridized carbons (Fsp3) is 0.333. The van der Waals surface area contributed by atoms with E-state index in [2.05, 4.69) is 5.32 Å². The Morgan fingerprint density at radius 2 is 2.08 bits per heavy atom. The molecule has 3 heteroatoms. The van der Waals surface area contributed by atoms with Crippen molar-refractivity contribution >= 4 is 18.1 Å². The monoisotopic (exact) mass is 189 g/mol. The normalized spacial score (nSPS) is 8.92. The first-order valence-corrected chi connectivity index (χ1v) is 3.74. The number of nitrogens with one attached hydrogen (secondary N) is 1. The molecule has 1 aromatic rings. The predicted molar refractivity (Wildman–Crippen MR) is 52.5 cm³/mol. The molecule has 68 valence electrons. The second-order valence-electron chi connectivity index (χ2n) is 2.49. The average molecular weight is 190 g/mol. The van der Waals surface area contributed by atoms with E-state index in [1.54, 1.807) is 6.07 Å². The largest absolute Gasteiger partial charge is 0.385 e. The highest BCUT2D eigenvalue weighted by Gasteiger charge is 1.96. The topological polar surface area (TPSA) is 12.0 Å². The van der Waals surface area contributed by atoms with Crippen LogP contribution in [0.4, 0.5) is 10.1 Å². The van der Waals surface area contributed by atoms with E-state index >= 15 is 0 Å². The molecule has 12 heavy (non-hydrogen) atoms. The number of halogens is 2. The Balaban J connectivity index is 0.00000121. The van der Waals surface area contributed by atoms with Gasteiger partial charge in [-0.05, 0) is 31.5 Å². The predicted octanol–water partition coefficient (Wildman–Crippen LogP) is 2.99. The summed E-state index contributed by atoms with van der Waals surface area (Å²) in [6.45, 7) is 4.77. The molecule has 0 atom stereocenters. The number of hydrogen-bond donors (Lipinski definition) is 1. The SMILES string of the molecule is CCNc1cc(F)ccc1C.Cl. The molecular weight excluding hydrogens is 177 g/mol. The molecule has 1 nitrogen and oxygen atoms in total. The molecule has 0 radical (unpaired) electrons. The number of aryl methyl sites for hydroxylation is 1. The first-order valence-electron chi connectivity index (χ1n) is 3.74. The number of hydrogen-bond acceptors (Lipinski definition) is 1. The highest BCUT2D eigenvalue weighted by molar-refractivity contribution is 5.85. The van der Waals surface area contributed by atoms with E-state index in [0.717, 1.165) is 17.8 Å². The zero-order valence-electron chi connectivity index (χ0n) is 7.23. The van der Waals surface area contributed by atoms with Crippen molar-refractivity contribution in [1.82, 2.24) is 0 Å². The lowest BCUT2D eigenvalue weighted by molar-refractivity contribution is 0.628. The molecule has 0 unspecified atom stereocenters. The van der Waals surface area contributed by atoms with Crippen LogP contribution in [0.2, 0.25) is 0 Å². The number of rotatable bonds is 2. The molecule has 0 aromatic heterocycles. The van der Waals surface area contributed by atoms with Gasteiger partial charge in [0.1, 0.15) is 5.82 Å². The lowest BCUT2D eigenvalue weighted by atomic mass is 10.2. The molecular formula is C9H13ClFN. The van der Waals surface area contributed by atoms with E-state index in [1.807, 2.05) is 13.8 Å². The molecule has 0 saturated carbocycles. The minimum Gasteiger partial charge on any atom is -0.385 e. The average Bonchev–Trinajstić information content (AvgIpc) is 1.98. The summed E-state index contributed by atoms with van der Waals surface area (Å²) in [7, 11) is 0. The standard InChI is InChI=1S/C9H12FN.ClH/c1-3-11-9-6-8(10)5-4-7(9)2;/h4-6,11H,3H2,1-2H3;1H. The van der Waals surface area contributed by atoms with Crippen molar-refractivity contribution in [2.45, 2.75) is 13.8 Å². The fourth-order valence-electron chi connectivity index (χ4n) is 0.975. The summed E-state index contributed by atoms with van der Waals surface area (Å²) < 4.78 is 12.6. The van der Waals surface area contributed by atoms with Gasteiger partial charge in [0.05, 0.1) is 0 Å². The van der Waals surface area contributed by atoms with Gasteiger partial charge in [0, 0.05) is 12.2 Å². The van der Waals surface area contributed by atoms with Crippen LogP contribution >= 0.6 is 12.4 Å². The fourth-order valence-corrected chi connectivity index (χ4v) is 0.975. The van der Waals surface area contributed by atoms with Crippen LogP contribution in [0.15, 0.2) is 18.2 Å². The number of anilines is 1. The highest BCUT2D eigenvalue weighted by Crippen LogP contribution is 2.14. The van der Waals surface area contributed by atoms with Crippen LogP contribution in [0.5, 0.6) is 0 Å². The van der Waals surface area contributed by atoms with Crippen LogP contribution in [0.1, 0.15) is 12.5 Å². The molecule has 0 fully saturated rings. The van der Waals surface area contributed by atoms with Gasteiger partial charge in [0.2, 0.25) is 0 Å². The van der Waals surface area contributed by atoms with Gasteiger partial charge in [-0.2, -0.15) is 0 Å². The van der Waals surface area contributed by atoms with Crippen molar-refractivity contribution in [3.63, 3.8) is 0 Å². The third-order valence-corrected chi connectivity index (χ3v) is 1.57. The zero-order valence-corrected chi connectivity index (χ0v) is 8.04. The summed E-state index contributed by atoms with van der Waals surface area (Å²) in [4.78, 5) is 0. The summed E-state index contributed by atoms with van der Waals surface area (Å²) in [5, 5.41) is 3.08. The molecule has 0 aliphatic heterocycles. The van der Waals surface area contributed by atoms with E-state index in [0.29, 0.717) is 0 Å². The Kier molecular flexibility index (Phi) is 4.67. The van der Waals surface area contributed by atoms with E-state index in [4.69, 9.17) is 0 Å². The number of benzene rings is 1. The minimum absolute atomic E-state index is 0. The van der Waals surface area contributed by atoms with Crippen LogP contribution in [0.25, 0.3) is 0 Å². The van der Waals surface area contributed by atoms with E-state index in [-0.39, 0.29) is 18.2 Å². The van der Waals surface area contributed by atoms with Crippen LogP contribution in [-0.2, 0) is 0 Å². The molecule has 1 aromatic carbocycles. The maximum absolute atomic E-state index is 12.6. The molecule has 0 heterocycles. The van der Waals surface area contributed by atoms with Crippen LogP contribution in [-0.4, -0.2) is 6.54 Å². The Morgan fingerprint density at radius 3 is 2.67 bits per heavy atom. The Labute approximate surface area is 78.4 Å². The third-order valence-electron chi connectivity index (χ3n) is 1.57. The van der Waals surface area contributed by atoms with E-state index < -0.39 is 0 Å². The highest BCUT2D eigenvalue weighted by atomic mass is 35.5. The van der Waals surface area contributed by atoms with Crippen LogP contribution in [0.3, 0.4) is 0 Å². The van der Waals surface area contributed by atoms with Crippen molar-refractivity contribution in [2.75, 3.05) is 11.9 Å². The summed E-state index contributed by atoms with van der Waals surface area (Å²) in [5.74, 6) is -0.188. The first-order chi connectivity index (χ1) is 5.24. The van der Waals surface area contributed by atoms with E-state index in [9.17, 15) is 4.39 Å². The Morgan fingerprint density at radius 1 is 1.42 bits per heavy atom. The molecule has 0 aliphatic carbocycles. The molecule has 0 spiro atoms. The van der Waals surface area contributed by atoms with Gasteiger partial charge in [0.25, 0.3) is 0 Å². The van der Waals surface area contributed by atoms with E-state index in [1.165, 1.54) is 12.1 Å². The summed E-state index contributed by atoms with van der Waals surface area (Å²) in [6, 6.07) is 4.75. The molecule has 1 N–H and O–H groups in total. The zero-order chi connectivity index (χ0) is 8.27. The molecule has 0 saturated heterocycles. The first kappa shape index (κ1) is 11.2. The van der Waals surface area contributed by atoms with Crippen molar-refractivity contribution in [3.05, 3.63) is 29.6 Å². The second kappa shape index (κ2) is 4.99. The molecule has 0 amide bonds. The van der Waals surface area contributed by atoms with Gasteiger partial charge in [-0.3, -0.25) is 0 Å². The maximum atomic E-state index is 12.6. The van der Waals surface area contributed by atoms with Crippen molar-refractivity contribution in [1.29, 1.82) is 0 Å². The van der Waals surface area contributed by atoms with Crippen LogP contribution in [0, 0.1) is 12.7 Å². The van der Waals surface area contributed by atoms with Gasteiger partial charge in [-0.15, -0.1) is 12.4 Å². The van der Waals surface area contributed by atoms with Gasteiger partial charge in [-0.1, -0.05) is 6.07 Å². The minimum atomic E-state index is -0.188. The molecule has 0 bridgehead atoms. The lowest BCUT2D eigenvalue weighted by Crippen LogP contribution is -1.98. The Hall–Kier alpha value is -0.760. The summed E-state index contributed by atoms with van der Waals surface area (Å²) in [6.07, 6.45) is 0. The molecule has 0 aliphatic rings. The van der Waals surface area contributed by atoms with Gasteiger partial charge in [-0.25, -0.2) is 4.39 Å². The van der Waals surface area contributed by atoms with Crippen molar-refractivity contribution in [2.24, 2.45) is 0 Å². The van der Waals surface area contributed by atoms with Crippen molar-refractivity contribution in [3.8, 4) is 0 Å². The van der Waals surface area contributed by atoms with Gasteiger partial charge < -0.3 is 5.32 Å². The smallest absolute Gasteiger partial charge is 0.125 e. The maximum Gasteiger partial charge on any atom is 0.125 e. The Bertz CT molecular complexity index is 250. The summed E-state index contributed by atoms with van der Waals surface area (Å²) in [5.41, 5.74) is 1.96. The lowest BCUT2D eigenvalue weighted by Gasteiger charge is -2.05. The second-order valence-corrected chi connectivity index (χ2v) is 2.49. The third kappa shape index (κ3) is 2.70. The summed E-state index contributed by atoms with van der Waals surface area (Å²) >= 11 is 0. The molecule has 1 rings (SSSR count). The van der Waals surface area contributed by atoms with Crippen molar-refractivity contribution < 1.29 is 4.39 Å².